The zero-order valence-electron chi connectivity index (χ0n) is 13.3. The van der Waals surface area contributed by atoms with Crippen molar-refractivity contribution in [2.24, 2.45) is 0 Å². The molecule has 1 fully saturated rings. The van der Waals surface area contributed by atoms with E-state index in [-0.39, 0.29) is 30.6 Å². The third kappa shape index (κ3) is 4.38. The minimum absolute atomic E-state index is 0.0124. The first-order chi connectivity index (χ1) is 11.7. The van der Waals surface area contributed by atoms with Crippen LogP contribution in [0.15, 0.2) is 35.8 Å². The van der Waals surface area contributed by atoms with Crippen LogP contribution in [0.3, 0.4) is 0 Å². The number of Topliss-reactive ketones (excluding diaryl/α,β-unsaturated/α-hetero) is 1. The number of hydrogen-bond acceptors (Lipinski definition) is 6. The van der Waals surface area contributed by atoms with Gasteiger partial charge in [-0.15, -0.1) is 10.2 Å². The van der Waals surface area contributed by atoms with Crippen LogP contribution < -0.4 is 4.74 Å². The lowest BCUT2D eigenvalue weighted by molar-refractivity contribution is -0.132. The molecule has 0 atom stereocenters. The van der Waals surface area contributed by atoms with E-state index in [1.165, 1.54) is 11.3 Å². The van der Waals surface area contributed by atoms with Gasteiger partial charge in [0.1, 0.15) is 11.6 Å². The lowest BCUT2D eigenvalue weighted by atomic mass is 10.0. The van der Waals surface area contributed by atoms with Gasteiger partial charge in [-0.25, -0.2) is 0 Å². The van der Waals surface area contributed by atoms with Crippen molar-refractivity contribution in [3.05, 3.63) is 41.4 Å². The van der Waals surface area contributed by atoms with E-state index >= 15 is 0 Å². The molecule has 1 saturated heterocycles. The Morgan fingerprint density at radius 1 is 1.17 bits per heavy atom. The summed E-state index contributed by atoms with van der Waals surface area (Å²) in [5, 5.41) is 8.19. The van der Waals surface area contributed by atoms with Crippen LogP contribution in [-0.2, 0) is 4.79 Å². The molecular formula is C17H19N3O3S. The molecule has 0 unspecified atom stereocenters. The van der Waals surface area contributed by atoms with Gasteiger partial charge in [-0.05, 0) is 0 Å². The first-order valence-corrected chi connectivity index (χ1v) is 8.89. The van der Waals surface area contributed by atoms with E-state index in [0.29, 0.717) is 23.8 Å². The van der Waals surface area contributed by atoms with E-state index in [4.69, 9.17) is 4.74 Å². The first kappa shape index (κ1) is 16.6. The predicted octanol–water partition coefficient (Wildman–Crippen LogP) is 2.57. The summed E-state index contributed by atoms with van der Waals surface area (Å²) in [7, 11) is 0. The van der Waals surface area contributed by atoms with E-state index in [2.05, 4.69) is 10.2 Å². The van der Waals surface area contributed by atoms with Crippen molar-refractivity contribution in [2.45, 2.75) is 31.8 Å². The van der Waals surface area contributed by atoms with Gasteiger partial charge in [-0.2, -0.15) is 0 Å². The number of likely N-dealkylation sites (tertiary alicyclic amines) is 1. The maximum absolute atomic E-state index is 12.3. The number of aromatic nitrogens is 2. The van der Waals surface area contributed by atoms with Crippen LogP contribution in [0.2, 0.25) is 0 Å². The number of carbonyl (C=O) groups is 2. The molecule has 2 heterocycles. The summed E-state index contributed by atoms with van der Waals surface area (Å²) in [6.45, 7) is 1.31. The SMILES string of the molecule is O=C(CCC(=O)N1CCC(Oc2nncs2)CC1)c1ccccc1. The molecule has 1 amide bonds. The van der Waals surface area contributed by atoms with E-state index in [1.807, 2.05) is 23.1 Å². The Labute approximate surface area is 144 Å². The molecular weight excluding hydrogens is 326 g/mol. The molecule has 0 radical (unpaired) electrons. The Hall–Kier alpha value is -2.28. The summed E-state index contributed by atoms with van der Waals surface area (Å²) >= 11 is 1.37. The van der Waals surface area contributed by atoms with Crippen LogP contribution in [0.4, 0.5) is 0 Å². The Balaban J connectivity index is 1.41. The third-order valence-electron chi connectivity index (χ3n) is 4.06. The quantitative estimate of drug-likeness (QED) is 0.753. The van der Waals surface area contributed by atoms with Crippen LogP contribution in [0.5, 0.6) is 5.19 Å². The second-order valence-electron chi connectivity index (χ2n) is 5.69. The summed E-state index contributed by atoms with van der Waals surface area (Å²) in [6.07, 6.45) is 2.14. The molecule has 0 N–H and O–H groups in total. The molecule has 1 aliphatic rings. The summed E-state index contributed by atoms with van der Waals surface area (Å²) in [6, 6.07) is 9.09. The predicted molar refractivity (Wildman–Crippen MR) is 90.1 cm³/mol. The van der Waals surface area contributed by atoms with Gasteiger partial charge in [0.2, 0.25) is 5.91 Å². The summed E-state index contributed by atoms with van der Waals surface area (Å²) in [5.74, 6) is 0.0482. The molecule has 3 rings (SSSR count). The lowest BCUT2D eigenvalue weighted by Gasteiger charge is -2.31. The zero-order chi connectivity index (χ0) is 16.8. The van der Waals surface area contributed by atoms with Crippen molar-refractivity contribution in [1.82, 2.24) is 15.1 Å². The molecule has 0 spiro atoms. The second kappa shape index (κ2) is 8.01. The fraction of sp³-hybridized carbons (Fsp3) is 0.412. The number of hydrogen-bond donors (Lipinski definition) is 0. The van der Waals surface area contributed by atoms with Crippen molar-refractivity contribution in [3.63, 3.8) is 0 Å². The maximum Gasteiger partial charge on any atom is 0.294 e. The van der Waals surface area contributed by atoms with Crippen LogP contribution >= 0.6 is 11.3 Å². The van der Waals surface area contributed by atoms with Crippen molar-refractivity contribution in [3.8, 4) is 5.19 Å². The van der Waals surface area contributed by atoms with Crippen molar-refractivity contribution >= 4 is 23.0 Å². The molecule has 1 aromatic carbocycles. The van der Waals surface area contributed by atoms with Gasteiger partial charge in [-0.1, -0.05) is 41.7 Å². The second-order valence-corrected chi connectivity index (χ2v) is 6.49. The van der Waals surface area contributed by atoms with Crippen LogP contribution in [-0.4, -0.2) is 46.0 Å². The summed E-state index contributed by atoms with van der Waals surface area (Å²) < 4.78 is 5.73. The minimum atomic E-state index is 0.0124. The monoisotopic (exact) mass is 345 g/mol. The van der Waals surface area contributed by atoms with Gasteiger partial charge in [0.05, 0.1) is 0 Å². The highest BCUT2D eigenvalue weighted by molar-refractivity contribution is 7.11. The molecule has 0 aliphatic carbocycles. The summed E-state index contributed by atoms with van der Waals surface area (Å²) in [5.41, 5.74) is 2.30. The number of carbonyl (C=O) groups excluding carboxylic acids is 2. The van der Waals surface area contributed by atoms with Gasteiger partial charge < -0.3 is 9.64 Å². The van der Waals surface area contributed by atoms with Gasteiger partial charge in [0.15, 0.2) is 5.78 Å². The van der Waals surface area contributed by atoms with Crippen LogP contribution in [0, 0.1) is 0 Å². The Morgan fingerprint density at radius 3 is 2.58 bits per heavy atom. The highest BCUT2D eigenvalue weighted by Crippen LogP contribution is 2.20. The average molecular weight is 345 g/mol. The van der Waals surface area contributed by atoms with E-state index in [1.54, 1.807) is 17.6 Å². The minimum Gasteiger partial charge on any atom is -0.465 e. The van der Waals surface area contributed by atoms with Gasteiger partial charge in [0, 0.05) is 44.3 Å². The summed E-state index contributed by atoms with van der Waals surface area (Å²) in [4.78, 5) is 26.1. The fourth-order valence-corrected chi connectivity index (χ4v) is 3.20. The van der Waals surface area contributed by atoms with Gasteiger partial charge in [0.25, 0.3) is 5.19 Å². The number of ketones is 1. The van der Waals surface area contributed by atoms with Crippen molar-refractivity contribution in [2.75, 3.05) is 13.1 Å². The normalized spacial score (nSPS) is 15.2. The maximum atomic E-state index is 12.3. The smallest absolute Gasteiger partial charge is 0.294 e. The number of rotatable bonds is 6. The van der Waals surface area contributed by atoms with Gasteiger partial charge >= 0.3 is 0 Å². The third-order valence-corrected chi connectivity index (χ3v) is 4.64. The average Bonchev–Trinajstić information content (AvgIpc) is 3.14. The Morgan fingerprint density at radius 2 is 1.92 bits per heavy atom. The lowest BCUT2D eigenvalue weighted by Crippen LogP contribution is -2.41. The van der Waals surface area contributed by atoms with E-state index < -0.39 is 0 Å². The molecule has 0 bridgehead atoms. The molecule has 126 valence electrons. The van der Waals surface area contributed by atoms with E-state index in [0.717, 1.165) is 12.8 Å². The zero-order valence-corrected chi connectivity index (χ0v) is 14.1. The molecule has 1 aromatic heterocycles. The van der Waals surface area contributed by atoms with Crippen molar-refractivity contribution < 1.29 is 14.3 Å². The molecule has 7 heteroatoms. The molecule has 2 aromatic rings. The van der Waals surface area contributed by atoms with Gasteiger partial charge in [-0.3, -0.25) is 9.59 Å². The van der Waals surface area contributed by atoms with Crippen LogP contribution in [0.25, 0.3) is 0 Å². The first-order valence-electron chi connectivity index (χ1n) is 8.01. The number of nitrogens with zero attached hydrogens (tertiary/aromatic N) is 3. The molecule has 6 nitrogen and oxygen atoms in total. The number of amides is 1. The number of benzene rings is 1. The molecule has 1 aliphatic heterocycles. The van der Waals surface area contributed by atoms with Crippen LogP contribution in [0.1, 0.15) is 36.0 Å². The molecule has 0 saturated carbocycles. The number of ether oxygens (including phenoxy) is 1. The highest BCUT2D eigenvalue weighted by Gasteiger charge is 2.24. The standard InChI is InChI=1S/C17H19N3O3S/c21-15(13-4-2-1-3-5-13)6-7-16(22)20-10-8-14(9-11-20)23-17-19-18-12-24-17/h1-5,12,14H,6-11H2. The number of piperidine rings is 1. The largest absolute Gasteiger partial charge is 0.465 e. The van der Waals surface area contributed by atoms with Crippen molar-refractivity contribution in [1.29, 1.82) is 0 Å². The Bertz CT molecular complexity index is 668. The highest BCUT2D eigenvalue weighted by atomic mass is 32.1. The Kier molecular flexibility index (Phi) is 5.53. The fourth-order valence-electron chi connectivity index (χ4n) is 2.73. The van der Waals surface area contributed by atoms with E-state index in [9.17, 15) is 9.59 Å². The molecule has 24 heavy (non-hydrogen) atoms. The topological polar surface area (TPSA) is 72.4 Å².